The van der Waals surface area contributed by atoms with Crippen LogP contribution in [0.4, 0.5) is 0 Å². The molecule has 1 aromatic heterocycles. The molecule has 1 heterocycles. The van der Waals surface area contributed by atoms with Crippen LogP contribution >= 0.6 is 0 Å². The molecule has 0 bridgehead atoms. The zero-order valence-electron chi connectivity index (χ0n) is 11.3. The minimum absolute atomic E-state index is 0.0985. The fourth-order valence-corrected chi connectivity index (χ4v) is 1.96. The molecule has 1 atom stereocenters. The molecule has 2 rings (SSSR count). The van der Waals surface area contributed by atoms with Gasteiger partial charge in [-0.15, -0.1) is 0 Å². The van der Waals surface area contributed by atoms with Crippen molar-refractivity contribution in [3.05, 3.63) is 54.1 Å². The molecule has 100 valence electrons. The first-order valence-corrected chi connectivity index (χ1v) is 6.50. The Morgan fingerprint density at radius 3 is 2.37 bits per heavy atom. The molecule has 0 aliphatic rings. The topological polar surface area (TPSA) is 47.0 Å². The molecule has 0 aliphatic heterocycles. The number of hydrogen-bond acceptors (Lipinski definition) is 4. The van der Waals surface area contributed by atoms with Crippen molar-refractivity contribution >= 4 is 0 Å². The molecular weight excluding hydrogens is 238 g/mol. The molecule has 0 spiro atoms. The summed E-state index contributed by atoms with van der Waals surface area (Å²) in [6, 6.07) is 8.23. The second kappa shape index (κ2) is 6.85. The van der Waals surface area contributed by atoms with Gasteiger partial charge in [-0.3, -0.25) is 0 Å². The molecule has 1 aromatic carbocycles. The molecule has 19 heavy (non-hydrogen) atoms. The first-order valence-electron chi connectivity index (χ1n) is 6.50. The third-order valence-electron chi connectivity index (χ3n) is 2.89. The Bertz CT molecular complexity index is 485. The summed E-state index contributed by atoms with van der Waals surface area (Å²) < 4.78 is 5.58. The molecule has 1 unspecified atom stereocenters. The summed E-state index contributed by atoms with van der Waals surface area (Å²) in [7, 11) is 1.93. The normalized spacial score (nSPS) is 12.1. The average Bonchev–Trinajstić information content (AvgIpc) is 2.48. The van der Waals surface area contributed by atoms with Gasteiger partial charge in [0.2, 0.25) is 0 Å². The first-order chi connectivity index (χ1) is 9.35. The third-order valence-corrected chi connectivity index (χ3v) is 2.89. The number of hydrogen-bond donors (Lipinski definition) is 1. The van der Waals surface area contributed by atoms with Gasteiger partial charge in [0.15, 0.2) is 0 Å². The van der Waals surface area contributed by atoms with Crippen molar-refractivity contribution in [2.75, 3.05) is 13.7 Å². The van der Waals surface area contributed by atoms with Crippen molar-refractivity contribution in [3.8, 4) is 5.75 Å². The van der Waals surface area contributed by atoms with Crippen molar-refractivity contribution in [2.24, 2.45) is 0 Å². The van der Waals surface area contributed by atoms with E-state index < -0.39 is 0 Å². The highest BCUT2D eigenvalue weighted by Gasteiger charge is 2.12. The molecular formula is C15H19N3O. The first kappa shape index (κ1) is 13.5. The summed E-state index contributed by atoms with van der Waals surface area (Å²) in [5.41, 5.74) is 2.22. The van der Waals surface area contributed by atoms with Crippen LogP contribution in [0.15, 0.2) is 43.0 Å². The molecule has 0 radical (unpaired) electrons. The Morgan fingerprint density at radius 2 is 1.79 bits per heavy atom. The van der Waals surface area contributed by atoms with E-state index in [1.807, 2.05) is 31.6 Å². The largest absolute Gasteiger partial charge is 0.494 e. The van der Waals surface area contributed by atoms with E-state index in [-0.39, 0.29) is 6.04 Å². The quantitative estimate of drug-likeness (QED) is 0.864. The van der Waals surface area contributed by atoms with E-state index in [1.165, 1.54) is 11.9 Å². The monoisotopic (exact) mass is 257 g/mol. The summed E-state index contributed by atoms with van der Waals surface area (Å²) in [6.07, 6.45) is 6.21. The van der Waals surface area contributed by atoms with E-state index in [2.05, 4.69) is 34.3 Å². The van der Waals surface area contributed by atoms with E-state index in [4.69, 9.17) is 4.74 Å². The van der Waals surface area contributed by atoms with Gasteiger partial charge in [0.05, 0.1) is 12.6 Å². The summed E-state index contributed by atoms with van der Waals surface area (Å²) >= 11 is 0. The minimum atomic E-state index is 0.0985. The van der Waals surface area contributed by atoms with E-state index in [0.29, 0.717) is 0 Å². The lowest BCUT2D eigenvalue weighted by molar-refractivity contribution is 0.317. The van der Waals surface area contributed by atoms with Gasteiger partial charge in [-0.1, -0.05) is 19.1 Å². The van der Waals surface area contributed by atoms with Gasteiger partial charge < -0.3 is 10.1 Å². The van der Waals surface area contributed by atoms with Crippen LogP contribution in [0.3, 0.4) is 0 Å². The maximum Gasteiger partial charge on any atom is 0.119 e. The van der Waals surface area contributed by atoms with Crippen LogP contribution in [0.1, 0.15) is 30.5 Å². The second-order valence-corrected chi connectivity index (χ2v) is 4.31. The number of nitrogens with one attached hydrogen (secondary N) is 1. The lowest BCUT2D eigenvalue weighted by Crippen LogP contribution is -2.17. The lowest BCUT2D eigenvalue weighted by Gasteiger charge is -2.16. The molecule has 2 aromatic rings. The zero-order chi connectivity index (χ0) is 13.5. The number of rotatable bonds is 6. The fourth-order valence-electron chi connectivity index (χ4n) is 1.96. The van der Waals surface area contributed by atoms with Crippen LogP contribution in [0.5, 0.6) is 5.75 Å². The van der Waals surface area contributed by atoms with Crippen LogP contribution < -0.4 is 10.1 Å². The highest BCUT2D eigenvalue weighted by atomic mass is 16.5. The Kier molecular flexibility index (Phi) is 4.86. The minimum Gasteiger partial charge on any atom is -0.494 e. The van der Waals surface area contributed by atoms with Crippen molar-refractivity contribution in [1.29, 1.82) is 0 Å². The van der Waals surface area contributed by atoms with Crippen molar-refractivity contribution in [1.82, 2.24) is 15.3 Å². The Labute approximate surface area is 113 Å². The lowest BCUT2D eigenvalue weighted by atomic mass is 10.0. The van der Waals surface area contributed by atoms with Crippen LogP contribution in [0.25, 0.3) is 0 Å². The van der Waals surface area contributed by atoms with Gasteiger partial charge in [-0.25, -0.2) is 9.97 Å². The molecule has 0 saturated heterocycles. The molecule has 0 amide bonds. The number of nitrogens with zero attached hydrogens (tertiary/aromatic N) is 2. The molecule has 0 aliphatic carbocycles. The molecule has 4 nitrogen and oxygen atoms in total. The van der Waals surface area contributed by atoms with Crippen LogP contribution in [0.2, 0.25) is 0 Å². The average molecular weight is 257 g/mol. The molecule has 0 saturated carbocycles. The van der Waals surface area contributed by atoms with Gasteiger partial charge in [-0.05, 0) is 31.2 Å². The summed E-state index contributed by atoms with van der Waals surface area (Å²) in [5, 5.41) is 3.28. The number of benzene rings is 1. The number of aromatic nitrogens is 2. The highest BCUT2D eigenvalue weighted by molar-refractivity contribution is 5.33. The van der Waals surface area contributed by atoms with Gasteiger partial charge in [-0.2, -0.15) is 0 Å². The highest BCUT2D eigenvalue weighted by Crippen LogP contribution is 2.22. The zero-order valence-corrected chi connectivity index (χ0v) is 11.3. The standard InChI is InChI=1S/C15H19N3O/c1-3-8-19-14-6-4-12(5-7-14)15(16-2)13-9-17-11-18-10-13/h4-7,9-11,15-16H,3,8H2,1-2H3. The summed E-state index contributed by atoms with van der Waals surface area (Å²) in [6.45, 7) is 2.85. The summed E-state index contributed by atoms with van der Waals surface area (Å²) in [5.74, 6) is 0.907. The van der Waals surface area contributed by atoms with Crippen molar-refractivity contribution < 1.29 is 4.74 Å². The van der Waals surface area contributed by atoms with Gasteiger partial charge in [0.1, 0.15) is 12.1 Å². The Morgan fingerprint density at radius 1 is 1.11 bits per heavy atom. The van der Waals surface area contributed by atoms with E-state index in [0.717, 1.165) is 24.3 Å². The molecule has 4 heteroatoms. The van der Waals surface area contributed by atoms with Crippen LogP contribution in [-0.2, 0) is 0 Å². The van der Waals surface area contributed by atoms with Gasteiger partial charge in [0.25, 0.3) is 0 Å². The smallest absolute Gasteiger partial charge is 0.119 e. The molecule has 0 fully saturated rings. The SMILES string of the molecule is CCCOc1ccc(C(NC)c2cncnc2)cc1. The predicted octanol–water partition coefficient (Wildman–Crippen LogP) is 2.57. The Balaban J connectivity index is 2.15. The van der Waals surface area contributed by atoms with Crippen molar-refractivity contribution in [2.45, 2.75) is 19.4 Å². The predicted molar refractivity (Wildman–Crippen MR) is 75.2 cm³/mol. The summed E-state index contributed by atoms with van der Waals surface area (Å²) in [4.78, 5) is 8.12. The van der Waals surface area contributed by atoms with E-state index in [9.17, 15) is 0 Å². The van der Waals surface area contributed by atoms with Crippen LogP contribution in [-0.4, -0.2) is 23.6 Å². The van der Waals surface area contributed by atoms with Gasteiger partial charge >= 0.3 is 0 Å². The Hall–Kier alpha value is -1.94. The third kappa shape index (κ3) is 3.51. The molecule has 1 N–H and O–H groups in total. The second-order valence-electron chi connectivity index (χ2n) is 4.31. The van der Waals surface area contributed by atoms with E-state index >= 15 is 0 Å². The fraction of sp³-hybridized carbons (Fsp3) is 0.333. The maximum atomic E-state index is 5.58. The maximum absolute atomic E-state index is 5.58. The number of ether oxygens (including phenoxy) is 1. The van der Waals surface area contributed by atoms with Gasteiger partial charge in [0, 0.05) is 18.0 Å². The van der Waals surface area contributed by atoms with E-state index in [1.54, 1.807) is 0 Å². The van der Waals surface area contributed by atoms with Crippen LogP contribution in [0, 0.1) is 0 Å². The van der Waals surface area contributed by atoms with Crippen molar-refractivity contribution in [3.63, 3.8) is 0 Å².